The minimum Gasteiger partial charge on any atom is -0.369 e. The smallest absolute Gasteiger partial charge is 0.231 e. The second kappa shape index (κ2) is 9.14. The van der Waals surface area contributed by atoms with Gasteiger partial charge in [-0.15, -0.1) is 0 Å². The summed E-state index contributed by atoms with van der Waals surface area (Å²) in [5.41, 5.74) is 6.43. The Morgan fingerprint density at radius 2 is 1.69 bits per heavy atom. The average molecular weight is 358 g/mol. The van der Waals surface area contributed by atoms with Crippen LogP contribution in [0.2, 0.25) is 0 Å². The fourth-order valence-corrected chi connectivity index (χ4v) is 4.01. The quantitative estimate of drug-likeness (QED) is 0.766. The Morgan fingerprint density at radius 1 is 1.04 bits per heavy atom. The molecular formula is C20H30N4O2. The van der Waals surface area contributed by atoms with Crippen molar-refractivity contribution in [3.63, 3.8) is 0 Å². The second-order valence-corrected chi connectivity index (χ2v) is 7.50. The van der Waals surface area contributed by atoms with Crippen molar-refractivity contribution in [2.75, 3.05) is 39.3 Å². The van der Waals surface area contributed by atoms with Gasteiger partial charge in [0, 0.05) is 12.5 Å². The molecule has 1 unspecified atom stereocenters. The SMILES string of the molecule is NC(=O)CN1CCC(C(=O)NC(CN2CCCC2)c2ccccc2)CC1. The molecule has 1 aromatic carbocycles. The minimum absolute atomic E-state index is 0.0175. The van der Waals surface area contributed by atoms with E-state index in [4.69, 9.17) is 5.73 Å². The fraction of sp³-hybridized carbons (Fsp3) is 0.600. The van der Waals surface area contributed by atoms with Gasteiger partial charge >= 0.3 is 0 Å². The van der Waals surface area contributed by atoms with Crippen LogP contribution in [-0.2, 0) is 9.59 Å². The maximum atomic E-state index is 12.8. The van der Waals surface area contributed by atoms with E-state index in [1.165, 1.54) is 18.4 Å². The number of carbonyl (C=O) groups excluding carboxylic acids is 2. The molecule has 2 aliphatic heterocycles. The van der Waals surface area contributed by atoms with Crippen LogP contribution in [0.15, 0.2) is 30.3 Å². The van der Waals surface area contributed by atoms with Crippen molar-refractivity contribution < 1.29 is 9.59 Å². The molecule has 0 spiro atoms. The molecule has 1 aromatic rings. The molecule has 2 heterocycles. The molecule has 2 fully saturated rings. The zero-order valence-corrected chi connectivity index (χ0v) is 15.4. The van der Waals surface area contributed by atoms with Crippen molar-refractivity contribution in [2.45, 2.75) is 31.7 Å². The van der Waals surface area contributed by atoms with Gasteiger partial charge in [0.05, 0.1) is 12.6 Å². The average Bonchev–Trinajstić information content (AvgIpc) is 3.15. The molecule has 26 heavy (non-hydrogen) atoms. The molecule has 0 bridgehead atoms. The Morgan fingerprint density at radius 3 is 2.31 bits per heavy atom. The van der Waals surface area contributed by atoms with E-state index >= 15 is 0 Å². The van der Waals surface area contributed by atoms with E-state index in [0.29, 0.717) is 0 Å². The third-order valence-corrected chi connectivity index (χ3v) is 5.50. The molecule has 6 nitrogen and oxygen atoms in total. The zero-order chi connectivity index (χ0) is 18.4. The molecular weight excluding hydrogens is 328 g/mol. The first kappa shape index (κ1) is 18.9. The number of benzene rings is 1. The number of likely N-dealkylation sites (tertiary alicyclic amines) is 2. The molecule has 0 aromatic heterocycles. The van der Waals surface area contributed by atoms with Crippen molar-refractivity contribution in [2.24, 2.45) is 11.7 Å². The normalized spacial score (nSPS) is 20.8. The fourth-order valence-electron chi connectivity index (χ4n) is 4.01. The standard InChI is InChI=1S/C20H30N4O2/c21-19(25)15-24-12-8-17(9-13-24)20(26)22-18(14-23-10-4-5-11-23)16-6-2-1-3-7-16/h1-3,6-7,17-18H,4-5,8-15H2,(H2,21,25)(H,22,26). The number of carbonyl (C=O) groups is 2. The van der Waals surface area contributed by atoms with Gasteiger partial charge in [0.15, 0.2) is 0 Å². The molecule has 2 aliphatic rings. The topological polar surface area (TPSA) is 78.7 Å². The van der Waals surface area contributed by atoms with Crippen LogP contribution in [0.25, 0.3) is 0 Å². The molecule has 2 saturated heterocycles. The van der Waals surface area contributed by atoms with E-state index in [0.717, 1.165) is 45.6 Å². The van der Waals surface area contributed by atoms with Crippen molar-refractivity contribution in [3.8, 4) is 0 Å². The molecule has 6 heteroatoms. The number of nitrogens with zero attached hydrogens (tertiary/aromatic N) is 2. The van der Waals surface area contributed by atoms with Gasteiger partial charge in [0.2, 0.25) is 11.8 Å². The van der Waals surface area contributed by atoms with Gasteiger partial charge in [-0.1, -0.05) is 30.3 Å². The van der Waals surface area contributed by atoms with Crippen molar-refractivity contribution in [1.29, 1.82) is 0 Å². The zero-order valence-electron chi connectivity index (χ0n) is 15.4. The first-order valence-corrected chi connectivity index (χ1v) is 9.70. The number of hydrogen-bond acceptors (Lipinski definition) is 4. The lowest BCUT2D eigenvalue weighted by Gasteiger charge is -2.32. The van der Waals surface area contributed by atoms with Gasteiger partial charge in [-0.25, -0.2) is 0 Å². The monoisotopic (exact) mass is 358 g/mol. The van der Waals surface area contributed by atoms with Crippen LogP contribution in [0.1, 0.15) is 37.3 Å². The summed E-state index contributed by atoms with van der Waals surface area (Å²) in [4.78, 5) is 28.4. The lowest BCUT2D eigenvalue weighted by molar-refractivity contribution is -0.127. The van der Waals surface area contributed by atoms with Crippen molar-refractivity contribution >= 4 is 11.8 Å². The van der Waals surface area contributed by atoms with Crippen LogP contribution in [-0.4, -0.2) is 60.9 Å². The lowest BCUT2D eigenvalue weighted by atomic mass is 9.95. The predicted octanol–water partition coefficient (Wildman–Crippen LogP) is 1.14. The number of amides is 2. The Balaban J connectivity index is 1.57. The summed E-state index contributed by atoms with van der Waals surface area (Å²) in [6.07, 6.45) is 4.05. The second-order valence-electron chi connectivity index (χ2n) is 7.50. The summed E-state index contributed by atoms with van der Waals surface area (Å²) in [6.45, 7) is 4.90. The highest BCUT2D eigenvalue weighted by Gasteiger charge is 2.28. The van der Waals surface area contributed by atoms with Gasteiger partial charge in [0.1, 0.15) is 0 Å². The van der Waals surface area contributed by atoms with E-state index in [2.05, 4.69) is 22.3 Å². The number of nitrogens with two attached hydrogens (primary N) is 1. The van der Waals surface area contributed by atoms with Crippen LogP contribution in [0.3, 0.4) is 0 Å². The summed E-state index contributed by atoms with van der Waals surface area (Å²) in [7, 11) is 0. The van der Waals surface area contributed by atoms with Crippen LogP contribution in [0.4, 0.5) is 0 Å². The highest BCUT2D eigenvalue weighted by atomic mass is 16.2. The predicted molar refractivity (Wildman–Crippen MR) is 101 cm³/mol. The number of nitrogens with one attached hydrogen (secondary N) is 1. The molecule has 0 saturated carbocycles. The molecule has 2 amide bonds. The number of hydrogen-bond donors (Lipinski definition) is 2. The Labute approximate surface area is 155 Å². The highest BCUT2D eigenvalue weighted by molar-refractivity contribution is 5.79. The largest absolute Gasteiger partial charge is 0.369 e. The van der Waals surface area contributed by atoms with E-state index < -0.39 is 0 Å². The third kappa shape index (κ3) is 5.29. The van der Waals surface area contributed by atoms with E-state index in [1.54, 1.807) is 0 Å². The molecule has 3 N–H and O–H groups in total. The molecule has 3 rings (SSSR count). The maximum absolute atomic E-state index is 12.8. The Hall–Kier alpha value is -1.92. The van der Waals surface area contributed by atoms with Gasteiger partial charge in [-0.2, -0.15) is 0 Å². The summed E-state index contributed by atoms with van der Waals surface area (Å²) < 4.78 is 0. The number of primary amides is 1. The van der Waals surface area contributed by atoms with Gasteiger partial charge in [-0.3, -0.25) is 14.5 Å². The van der Waals surface area contributed by atoms with Crippen molar-refractivity contribution in [3.05, 3.63) is 35.9 Å². The number of piperidine rings is 1. The molecule has 142 valence electrons. The van der Waals surface area contributed by atoms with Crippen LogP contribution in [0.5, 0.6) is 0 Å². The first-order chi connectivity index (χ1) is 12.6. The van der Waals surface area contributed by atoms with Gasteiger partial charge < -0.3 is 16.0 Å². The molecule has 0 aliphatic carbocycles. The summed E-state index contributed by atoms with van der Waals surface area (Å²) >= 11 is 0. The molecule has 0 radical (unpaired) electrons. The van der Waals surface area contributed by atoms with Crippen LogP contribution < -0.4 is 11.1 Å². The number of rotatable bonds is 7. The van der Waals surface area contributed by atoms with Gasteiger partial charge in [-0.05, 0) is 57.4 Å². The van der Waals surface area contributed by atoms with E-state index in [9.17, 15) is 9.59 Å². The Bertz CT molecular complexity index is 593. The maximum Gasteiger partial charge on any atom is 0.231 e. The van der Waals surface area contributed by atoms with E-state index in [1.807, 2.05) is 23.1 Å². The summed E-state index contributed by atoms with van der Waals surface area (Å²) in [5.74, 6) is -0.150. The summed E-state index contributed by atoms with van der Waals surface area (Å²) in [5, 5.41) is 3.29. The third-order valence-electron chi connectivity index (χ3n) is 5.50. The summed E-state index contributed by atoms with van der Waals surface area (Å²) in [6, 6.07) is 10.3. The lowest BCUT2D eigenvalue weighted by Crippen LogP contribution is -2.45. The minimum atomic E-state index is -0.303. The van der Waals surface area contributed by atoms with E-state index in [-0.39, 0.29) is 30.3 Å². The Kier molecular flexibility index (Phi) is 6.63. The van der Waals surface area contributed by atoms with Crippen molar-refractivity contribution in [1.82, 2.24) is 15.1 Å². The first-order valence-electron chi connectivity index (χ1n) is 9.70. The highest BCUT2D eigenvalue weighted by Crippen LogP contribution is 2.21. The van der Waals surface area contributed by atoms with Gasteiger partial charge in [0.25, 0.3) is 0 Å². The van der Waals surface area contributed by atoms with Crippen LogP contribution >= 0.6 is 0 Å². The van der Waals surface area contributed by atoms with Crippen LogP contribution in [0, 0.1) is 5.92 Å². The molecule has 1 atom stereocenters.